The van der Waals surface area contributed by atoms with E-state index in [0.29, 0.717) is 6.42 Å². The highest BCUT2D eigenvalue weighted by molar-refractivity contribution is 5.84. The average molecular weight is 269 g/mol. The summed E-state index contributed by atoms with van der Waals surface area (Å²) in [7, 11) is 1.36. The molecule has 1 saturated heterocycles. The summed E-state index contributed by atoms with van der Waals surface area (Å²) < 4.78 is 4.71. The number of hydrogen-bond donors (Lipinski definition) is 0. The van der Waals surface area contributed by atoms with Gasteiger partial charge in [-0.1, -0.05) is 41.5 Å². The minimum atomic E-state index is -0.350. The van der Waals surface area contributed by atoms with Gasteiger partial charge in [-0.05, 0) is 16.7 Å². The van der Waals surface area contributed by atoms with Crippen LogP contribution in [0.4, 0.5) is 0 Å². The lowest BCUT2D eigenvalue weighted by Gasteiger charge is -2.42. The molecule has 1 amide bonds. The van der Waals surface area contributed by atoms with Crippen LogP contribution in [0.15, 0.2) is 0 Å². The van der Waals surface area contributed by atoms with Crippen LogP contribution in [0.2, 0.25) is 0 Å². The number of hydrogen-bond acceptors (Lipinski definition) is 3. The van der Waals surface area contributed by atoms with Crippen molar-refractivity contribution in [2.75, 3.05) is 13.7 Å². The Balaban J connectivity index is 3.08. The molecule has 0 saturated carbocycles. The zero-order chi connectivity index (χ0) is 15.0. The van der Waals surface area contributed by atoms with E-state index in [1.54, 1.807) is 4.90 Å². The first-order valence-corrected chi connectivity index (χ1v) is 6.84. The maximum Gasteiger partial charge on any atom is 0.325 e. The normalized spacial score (nSPS) is 24.8. The van der Waals surface area contributed by atoms with Crippen LogP contribution in [0.3, 0.4) is 0 Å². The van der Waals surface area contributed by atoms with Crippen LogP contribution in [0, 0.1) is 16.7 Å². The smallest absolute Gasteiger partial charge is 0.325 e. The number of carbonyl (C=O) groups is 2. The molecule has 0 radical (unpaired) electrons. The van der Waals surface area contributed by atoms with Crippen molar-refractivity contribution in [2.45, 2.75) is 54.0 Å². The molecule has 0 aromatic carbocycles. The molecule has 0 bridgehead atoms. The number of nitrogens with zero attached hydrogens (tertiary/aromatic N) is 1. The van der Waals surface area contributed by atoms with Crippen LogP contribution in [0.1, 0.15) is 48.0 Å². The maximum atomic E-state index is 12.3. The molecule has 110 valence electrons. The summed E-state index contributed by atoms with van der Waals surface area (Å²) in [6, 6.07) is 0.0686. The molecule has 2 unspecified atom stereocenters. The summed E-state index contributed by atoms with van der Waals surface area (Å²) in [5, 5.41) is 0. The number of rotatable bonds is 2. The van der Waals surface area contributed by atoms with Crippen molar-refractivity contribution in [3.8, 4) is 0 Å². The molecule has 1 aliphatic rings. The van der Waals surface area contributed by atoms with E-state index in [0.717, 1.165) is 0 Å². The fourth-order valence-electron chi connectivity index (χ4n) is 3.03. The minimum absolute atomic E-state index is 0.0402. The topological polar surface area (TPSA) is 46.6 Å². The van der Waals surface area contributed by atoms with Crippen molar-refractivity contribution in [3.63, 3.8) is 0 Å². The summed E-state index contributed by atoms with van der Waals surface area (Å²) in [6.45, 7) is 12.9. The Morgan fingerprint density at radius 3 is 2.11 bits per heavy atom. The molecule has 2 atom stereocenters. The number of amides is 1. The van der Waals surface area contributed by atoms with Gasteiger partial charge in [-0.15, -0.1) is 0 Å². The van der Waals surface area contributed by atoms with Gasteiger partial charge in [0.05, 0.1) is 7.11 Å². The number of methoxy groups -OCH3 is 1. The van der Waals surface area contributed by atoms with Gasteiger partial charge in [-0.2, -0.15) is 0 Å². The third-order valence-electron chi connectivity index (χ3n) is 3.96. The number of ether oxygens (including phenoxy) is 1. The second-order valence-electron chi connectivity index (χ2n) is 7.59. The highest BCUT2D eigenvalue weighted by Gasteiger charge is 2.50. The number of esters is 1. The Morgan fingerprint density at radius 2 is 1.74 bits per heavy atom. The molecule has 0 aliphatic carbocycles. The summed E-state index contributed by atoms with van der Waals surface area (Å²) in [5.74, 6) is -0.0351. The van der Waals surface area contributed by atoms with Gasteiger partial charge < -0.3 is 9.64 Å². The van der Waals surface area contributed by atoms with Crippen molar-refractivity contribution in [1.82, 2.24) is 4.90 Å². The summed E-state index contributed by atoms with van der Waals surface area (Å²) in [5.41, 5.74) is -0.0173. The lowest BCUT2D eigenvalue weighted by Crippen LogP contribution is -2.48. The predicted octanol–water partition coefficient (Wildman–Crippen LogP) is 2.47. The Kier molecular flexibility index (Phi) is 4.33. The zero-order valence-electron chi connectivity index (χ0n) is 13.2. The Hall–Kier alpha value is -1.06. The van der Waals surface area contributed by atoms with Crippen molar-refractivity contribution in [1.29, 1.82) is 0 Å². The molecule has 4 nitrogen and oxygen atoms in total. The molecule has 0 spiro atoms. The molecule has 0 aromatic heterocycles. The third kappa shape index (κ3) is 3.48. The molecular weight excluding hydrogens is 242 g/mol. The summed E-state index contributed by atoms with van der Waals surface area (Å²) in [4.78, 5) is 25.5. The first kappa shape index (κ1) is 16.0. The van der Waals surface area contributed by atoms with Gasteiger partial charge in [0.25, 0.3) is 0 Å². The van der Waals surface area contributed by atoms with Gasteiger partial charge in [-0.3, -0.25) is 9.59 Å². The largest absolute Gasteiger partial charge is 0.468 e. The van der Waals surface area contributed by atoms with Crippen LogP contribution in [0.5, 0.6) is 0 Å². The molecule has 1 heterocycles. The van der Waals surface area contributed by atoms with Gasteiger partial charge in [0.2, 0.25) is 5.91 Å². The fraction of sp³-hybridized carbons (Fsp3) is 0.867. The van der Waals surface area contributed by atoms with Crippen molar-refractivity contribution in [2.24, 2.45) is 16.7 Å². The van der Waals surface area contributed by atoms with Crippen LogP contribution in [-0.2, 0) is 14.3 Å². The van der Waals surface area contributed by atoms with E-state index >= 15 is 0 Å². The predicted molar refractivity (Wildman–Crippen MR) is 74.5 cm³/mol. The number of likely N-dealkylation sites (tertiary alicyclic amines) is 1. The van der Waals surface area contributed by atoms with E-state index in [2.05, 4.69) is 41.5 Å². The van der Waals surface area contributed by atoms with E-state index in [9.17, 15) is 9.59 Å². The number of carbonyl (C=O) groups excluding carboxylic acids is 2. The molecule has 4 heteroatoms. The van der Waals surface area contributed by atoms with Gasteiger partial charge >= 0.3 is 5.97 Å². The molecule has 1 aliphatic heterocycles. The maximum absolute atomic E-state index is 12.3. The monoisotopic (exact) mass is 269 g/mol. The van der Waals surface area contributed by atoms with Crippen molar-refractivity contribution in [3.05, 3.63) is 0 Å². The third-order valence-corrected chi connectivity index (χ3v) is 3.96. The molecule has 0 N–H and O–H groups in total. The standard InChI is InChI=1S/C15H27NO3/c1-14(2,3)10-8-11(17)16(9-12(18)19-7)13(10)15(4,5)6/h10,13H,8-9H2,1-7H3. The Labute approximate surface area is 116 Å². The van der Waals surface area contributed by atoms with E-state index in [4.69, 9.17) is 4.74 Å². The van der Waals surface area contributed by atoms with Gasteiger partial charge in [0, 0.05) is 12.5 Å². The van der Waals surface area contributed by atoms with Gasteiger partial charge in [0.1, 0.15) is 6.54 Å². The molecule has 1 rings (SSSR count). The second-order valence-corrected chi connectivity index (χ2v) is 7.59. The van der Waals surface area contributed by atoms with Gasteiger partial charge in [0.15, 0.2) is 0 Å². The quantitative estimate of drug-likeness (QED) is 0.723. The Bertz CT molecular complexity index is 363. The van der Waals surface area contributed by atoms with Crippen LogP contribution < -0.4 is 0 Å². The fourth-order valence-corrected chi connectivity index (χ4v) is 3.03. The SMILES string of the molecule is COC(=O)CN1C(=O)CC(C(C)(C)C)C1C(C)(C)C. The minimum Gasteiger partial charge on any atom is -0.468 e. The van der Waals surface area contributed by atoms with Crippen LogP contribution in [-0.4, -0.2) is 36.5 Å². The van der Waals surface area contributed by atoms with E-state index in [1.807, 2.05) is 0 Å². The summed E-state index contributed by atoms with van der Waals surface area (Å²) >= 11 is 0. The molecule has 1 fully saturated rings. The average Bonchev–Trinajstić information content (AvgIpc) is 2.55. The lowest BCUT2D eigenvalue weighted by molar-refractivity contribution is -0.147. The van der Waals surface area contributed by atoms with Crippen LogP contribution >= 0.6 is 0 Å². The molecular formula is C15H27NO3. The lowest BCUT2D eigenvalue weighted by atomic mass is 9.69. The molecule has 0 aromatic rings. The van der Waals surface area contributed by atoms with E-state index in [-0.39, 0.29) is 41.2 Å². The zero-order valence-corrected chi connectivity index (χ0v) is 13.2. The van der Waals surface area contributed by atoms with Crippen molar-refractivity contribution >= 4 is 11.9 Å². The van der Waals surface area contributed by atoms with E-state index in [1.165, 1.54) is 7.11 Å². The van der Waals surface area contributed by atoms with E-state index < -0.39 is 0 Å². The first-order chi connectivity index (χ1) is 8.48. The Morgan fingerprint density at radius 1 is 1.21 bits per heavy atom. The first-order valence-electron chi connectivity index (χ1n) is 6.84. The van der Waals surface area contributed by atoms with Gasteiger partial charge in [-0.25, -0.2) is 0 Å². The van der Waals surface area contributed by atoms with Crippen LogP contribution in [0.25, 0.3) is 0 Å². The molecule has 19 heavy (non-hydrogen) atoms. The highest BCUT2D eigenvalue weighted by atomic mass is 16.5. The highest BCUT2D eigenvalue weighted by Crippen LogP contribution is 2.45. The van der Waals surface area contributed by atoms with Crippen molar-refractivity contribution < 1.29 is 14.3 Å². The summed E-state index contributed by atoms with van der Waals surface area (Å²) in [6.07, 6.45) is 0.516. The second kappa shape index (κ2) is 5.14.